The number of likely N-dealkylation sites (N-methyl/N-ethyl adjacent to an activating group) is 1. The van der Waals surface area contributed by atoms with E-state index in [4.69, 9.17) is 5.21 Å². The van der Waals surface area contributed by atoms with Gasteiger partial charge in [-0.1, -0.05) is 23.4 Å². The summed E-state index contributed by atoms with van der Waals surface area (Å²) in [5.74, 6) is 0.674. The summed E-state index contributed by atoms with van der Waals surface area (Å²) in [6.45, 7) is 0.753. The summed E-state index contributed by atoms with van der Waals surface area (Å²) in [4.78, 5) is 0.271. The minimum atomic E-state index is -3.50. The zero-order valence-corrected chi connectivity index (χ0v) is 13.3. The molecule has 0 radical (unpaired) electrons. The molecule has 0 fully saturated rings. The first-order valence-electron chi connectivity index (χ1n) is 6.70. The molecular formula is C14H19N4O3S+. The second-order valence-electron chi connectivity index (χ2n) is 4.84. The molecule has 2 rings (SSSR count). The van der Waals surface area contributed by atoms with Gasteiger partial charge in [-0.15, -0.1) is 0 Å². The number of aryl methyl sites for hydroxylation is 1. The van der Waals surface area contributed by atoms with Gasteiger partial charge < -0.3 is 5.21 Å². The van der Waals surface area contributed by atoms with Crippen LogP contribution in [0.1, 0.15) is 5.82 Å². The number of oxime groups is 1. The molecule has 0 bridgehead atoms. The second kappa shape index (κ2) is 6.71. The van der Waals surface area contributed by atoms with Crippen molar-refractivity contribution in [3.63, 3.8) is 0 Å². The standard InChI is InChI=1S/C14H18N4O3S/c1-16-8-10-18(14(16)12-15-19)11-9-17(2)22(20,21)13-6-4-3-5-7-13/h3-8,10,12H,9,11H2,1-2H3/p+1. The zero-order chi connectivity index (χ0) is 16.2. The summed E-state index contributed by atoms with van der Waals surface area (Å²) in [6.07, 6.45) is 4.92. The molecule has 0 aliphatic rings. The van der Waals surface area contributed by atoms with E-state index in [0.717, 1.165) is 0 Å². The van der Waals surface area contributed by atoms with Crippen molar-refractivity contribution in [2.24, 2.45) is 12.2 Å². The molecule has 0 amide bonds. The first-order chi connectivity index (χ1) is 10.5. The number of rotatable bonds is 6. The molecule has 1 aromatic heterocycles. The van der Waals surface area contributed by atoms with Crippen molar-refractivity contribution in [1.29, 1.82) is 0 Å². The van der Waals surface area contributed by atoms with Gasteiger partial charge in [-0.05, 0) is 12.1 Å². The van der Waals surface area contributed by atoms with Crippen LogP contribution in [0.15, 0.2) is 52.8 Å². The Morgan fingerprint density at radius 1 is 1.36 bits per heavy atom. The predicted molar refractivity (Wildman–Crippen MR) is 81.2 cm³/mol. The maximum atomic E-state index is 12.4. The highest BCUT2D eigenvalue weighted by atomic mass is 32.2. The Labute approximate surface area is 129 Å². The highest BCUT2D eigenvalue weighted by Crippen LogP contribution is 2.13. The van der Waals surface area contributed by atoms with E-state index in [9.17, 15) is 8.42 Å². The monoisotopic (exact) mass is 323 g/mol. The molecule has 0 unspecified atom stereocenters. The topological polar surface area (TPSA) is 78.8 Å². The van der Waals surface area contributed by atoms with Gasteiger partial charge in [0.1, 0.15) is 18.9 Å². The van der Waals surface area contributed by atoms with Crippen molar-refractivity contribution >= 4 is 16.2 Å². The van der Waals surface area contributed by atoms with E-state index in [2.05, 4.69) is 5.16 Å². The van der Waals surface area contributed by atoms with E-state index >= 15 is 0 Å². The van der Waals surface area contributed by atoms with Gasteiger partial charge in [0.2, 0.25) is 10.0 Å². The minimum absolute atomic E-state index is 0.271. The number of nitrogens with zero attached hydrogens (tertiary/aromatic N) is 4. The summed E-state index contributed by atoms with van der Waals surface area (Å²) in [6, 6.07) is 8.32. The molecule has 7 nitrogen and oxygen atoms in total. The summed E-state index contributed by atoms with van der Waals surface area (Å²) < 4.78 is 29.7. The maximum Gasteiger partial charge on any atom is 0.303 e. The molecule has 0 aliphatic heterocycles. The molecular weight excluding hydrogens is 304 g/mol. The average Bonchev–Trinajstić information content (AvgIpc) is 2.87. The third kappa shape index (κ3) is 3.34. The van der Waals surface area contributed by atoms with Crippen LogP contribution < -0.4 is 4.57 Å². The molecule has 0 saturated carbocycles. The highest BCUT2D eigenvalue weighted by Gasteiger charge is 2.21. The van der Waals surface area contributed by atoms with E-state index in [1.54, 1.807) is 48.1 Å². The molecule has 2 aromatic rings. The number of hydrogen-bond acceptors (Lipinski definition) is 4. The fourth-order valence-electron chi connectivity index (χ4n) is 2.08. The van der Waals surface area contributed by atoms with Gasteiger partial charge in [0.25, 0.3) is 0 Å². The molecule has 1 heterocycles. The predicted octanol–water partition coefficient (Wildman–Crippen LogP) is 0.441. The second-order valence-corrected chi connectivity index (χ2v) is 6.89. The van der Waals surface area contributed by atoms with Crippen molar-refractivity contribution in [3.8, 4) is 0 Å². The number of imidazole rings is 1. The van der Waals surface area contributed by atoms with E-state index in [1.165, 1.54) is 10.5 Å². The lowest BCUT2D eigenvalue weighted by molar-refractivity contribution is -0.671. The molecule has 8 heteroatoms. The van der Waals surface area contributed by atoms with Crippen LogP contribution in [-0.2, 0) is 23.6 Å². The maximum absolute atomic E-state index is 12.4. The van der Waals surface area contributed by atoms with Crippen LogP contribution in [0.2, 0.25) is 0 Å². The third-order valence-electron chi connectivity index (χ3n) is 3.41. The van der Waals surface area contributed by atoms with Gasteiger partial charge in [0.15, 0.2) is 6.21 Å². The molecule has 0 spiro atoms. The van der Waals surface area contributed by atoms with Gasteiger partial charge in [0.05, 0.1) is 18.5 Å². The quantitative estimate of drug-likeness (QED) is 0.363. The van der Waals surface area contributed by atoms with Crippen LogP contribution in [-0.4, -0.2) is 42.3 Å². The fraction of sp³-hybridized carbons (Fsp3) is 0.286. The molecule has 1 aromatic carbocycles. The van der Waals surface area contributed by atoms with Crippen LogP contribution in [0.3, 0.4) is 0 Å². The van der Waals surface area contributed by atoms with Gasteiger partial charge in [-0.3, -0.25) is 0 Å². The molecule has 0 saturated heterocycles. The summed E-state index contributed by atoms with van der Waals surface area (Å²) in [7, 11) is -0.133. The van der Waals surface area contributed by atoms with Crippen LogP contribution in [0.4, 0.5) is 0 Å². The minimum Gasteiger partial charge on any atom is -0.411 e. The molecule has 118 valence electrons. The van der Waals surface area contributed by atoms with Crippen LogP contribution in [0, 0.1) is 0 Å². The van der Waals surface area contributed by atoms with Gasteiger partial charge in [-0.25, -0.2) is 17.6 Å². The van der Waals surface area contributed by atoms with E-state index < -0.39 is 10.0 Å². The Balaban J connectivity index is 2.12. The number of hydrogen-bond donors (Lipinski definition) is 1. The lowest BCUT2D eigenvalue weighted by Crippen LogP contribution is -2.34. The van der Waals surface area contributed by atoms with Crippen molar-refractivity contribution < 1.29 is 18.2 Å². The van der Waals surface area contributed by atoms with Crippen LogP contribution >= 0.6 is 0 Å². The SMILES string of the molecule is CN(CCn1cc[n+](C)c1/C=N/O)S(=O)(=O)c1ccccc1. The summed E-state index contributed by atoms with van der Waals surface area (Å²) in [5.41, 5.74) is 0. The largest absolute Gasteiger partial charge is 0.411 e. The van der Waals surface area contributed by atoms with Crippen molar-refractivity contribution in [1.82, 2.24) is 8.87 Å². The van der Waals surface area contributed by atoms with Crippen LogP contribution in [0.5, 0.6) is 0 Å². The van der Waals surface area contributed by atoms with Gasteiger partial charge in [-0.2, -0.15) is 4.31 Å². The van der Waals surface area contributed by atoms with Gasteiger partial charge >= 0.3 is 5.82 Å². The van der Waals surface area contributed by atoms with E-state index in [-0.39, 0.29) is 4.90 Å². The Morgan fingerprint density at radius 2 is 2.05 bits per heavy atom. The summed E-state index contributed by atoms with van der Waals surface area (Å²) >= 11 is 0. The molecule has 1 N–H and O–H groups in total. The van der Waals surface area contributed by atoms with Crippen molar-refractivity contribution in [3.05, 3.63) is 48.5 Å². The number of aromatic nitrogens is 2. The van der Waals surface area contributed by atoms with Gasteiger partial charge in [0, 0.05) is 7.05 Å². The fourth-order valence-corrected chi connectivity index (χ4v) is 3.27. The zero-order valence-electron chi connectivity index (χ0n) is 12.5. The Kier molecular flexibility index (Phi) is 4.94. The first kappa shape index (κ1) is 16.2. The molecule has 0 atom stereocenters. The molecule has 22 heavy (non-hydrogen) atoms. The van der Waals surface area contributed by atoms with E-state index in [1.807, 2.05) is 17.8 Å². The number of benzene rings is 1. The summed E-state index contributed by atoms with van der Waals surface area (Å²) in [5, 5.41) is 11.7. The Hall–Kier alpha value is -2.19. The van der Waals surface area contributed by atoms with Crippen LogP contribution in [0.25, 0.3) is 0 Å². The van der Waals surface area contributed by atoms with Crippen molar-refractivity contribution in [2.75, 3.05) is 13.6 Å². The lowest BCUT2D eigenvalue weighted by Gasteiger charge is -2.16. The smallest absolute Gasteiger partial charge is 0.303 e. The number of sulfonamides is 1. The Morgan fingerprint density at radius 3 is 2.68 bits per heavy atom. The van der Waals surface area contributed by atoms with E-state index in [0.29, 0.717) is 18.9 Å². The average molecular weight is 323 g/mol. The lowest BCUT2D eigenvalue weighted by atomic mass is 10.4. The first-order valence-corrected chi connectivity index (χ1v) is 8.14. The molecule has 0 aliphatic carbocycles. The normalized spacial score (nSPS) is 12.3. The highest BCUT2D eigenvalue weighted by molar-refractivity contribution is 7.89. The third-order valence-corrected chi connectivity index (χ3v) is 5.28. The Bertz CT molecular complexity index is 754. The van der Waals surface area contributed by atoms with Crippen molar-refractivity contribution in [2.45, 2.75) is 11.4 Å².